The van der Waals surface area contributed by atoms with E-state index in [9.17, 15) is 13.2 Å². The highest BCUT2D eigenvalue weighted by Crippen LogP contribution is 2.42. The zero-order valence-electron chi connectivity index (χ0n) is 26.9. The number of carbonyl (C=O) groups excluding carboxylic acids is 1. The summed E-state index contributed by atoms with van der Waals surface area (Å²) in [5, 5.41) is 3.54. The van der Waals surface area contributed by atoms with Crippen LogP contribution in [0.1, 0.15) is 56.4 Å². The number of likely N-dealkylation sites (tertiary alicyclic amines) is 1. The third kappa shape index (κ3) is 9.99. The van der Waals surface area contributed by atoms with Crippen molar-refractivity contribution >= 4 is 27.7 Å². The van der Waals surface area contributed by atoms with Crippen LogP contribution < -0.4 is 20.5 Å². The minimum absolute atomic E-state index is 0.0132. The van der Waals surface area contributed by atoms with Crippen molar-refractivity contribution in [2.24, 2.45) is 5.73 Å². The number of ether oxygens (including phenoxy) is 4. The number of amides is 1. The molecule has 0 aromatic heterocycles. The number of nitrogens with one attached hydrogen (secondary N) is 2. The fourth-order valence-corrected chi connectivity index (χ4v) is 7.14. The lowest BCUT2D eigenvalue weighted by Crippen LogP contribution is -2.53. The Hall–Kier alpha value is -2.52. The Bertz CT molecular complexity index is 1460. The summed E-state index contributed by atoms with van der Waals surface area (Å²) in [6.07, 6.45) is 1.27. The van der Waals surface area contributed by atoms with Gasteiger partial charge in [0.25, 0.3) is 0 Å². The van der Waals surface area contributed by atoms with Crippen molar-refractivity contribution in [1.29, 1.82) is 0 Å². The van der Waals surface area contributed by atoms with Gasteiger partial charge < -0.3 is 30.0 Å². The van der Waals surface area contributed by atoms with Gasteiger partial charge in [0.15, 0.2) is 11.6 Å². The van der Waals surface area contributed by atoms with Gasteiger partial charge in [0.05, 0.1) is 37.4 Å². The third-order valence-corrected chi connectivity index (χ3v) is 9.50. The zero-order chi connectivity index (χ0) is 33.5. The first-order valence-electron chi connectivity index (χ1n) is 15.6. The summed E-state index contributed by atoms with van der Waals surface area (Å²) in [6, 6.07) is 7.07. The van der Waals surface area contributed by atoms with E-state index < -0.39 is 33.6 Å². The molecular weight excluding hydrogens is 639 g/mol. The summed E-state index contributed by atoms with van der Waals surface area (Å²) < 4.78 is 66.0. The maximum Gasteiger partial charge on any atom is 0.407 e. The Labute approximate surface area is 276 Å². The fourth-order valence-electron chi connectivity index (χ4n) is 5.84. The first kappa shape index (κ1) is 36.3. The van der Waals surface area contributed by atoms with Gasteiger partial charge in [-0.1, -0.05) is 11.6 Å². The van der Waals surface area contributed by atoms with Gasteiger partial charge in [0.1, 0.15) is 11.7 Å². The molecule has 1 fully saturated rings. The van der Waals surface area contributed by atoms with Crippen LogP contribution in [0.2, 0.25) is 5.02 Å². The van der Waals surface area contributed by atoms with Crippen LogP contribution in [0.4, 0.5) is 9.18 Å². The molecule has 0 radical (unpaired) electrons. The summed E-state index contributed by atoms with van der Waals surface area (Å²) in [5.74, 6) is -0.870. The van der Waals surface area contributed by atoms with E-state index in [0.29, 0.717) is 44.4 Å². The van der Waals surface area contributed by atoms with E-state index in [1.54, 1.807) is 0 Å². The minimum atomic E-state index is -3.99. The van der Waals surface area contributed by atoms with Gasteiger partial charge in [-0.3, -0.25) is 4.90 Å². The summed E-state index contributed by atoms with van der Waals surface area (Å²) in [7, 11) is -3.99. The van der Waals surface area contributed by atoms with Crippen LogP contribution in [0.3, 0.4) is 0 Å². The van der Waals surface area contributed by atoms with Crippen molar-refractivity contribution in [1.82, 2.24) is 14.9 Å². The molecule has 4 N–H and O–H groups in total. The van der Waals surface area contributed by atoms with Crippen molar-refractivity contribution in [3.63, 3.8) is 0 Å². The Balaban J connectivity index is 1.46. The van der Waals surface area contributed by atoms with E-state index in [1.165, 1.54) is 12.1 Å². The molecule has 14 heteroatoms. The van der Waals surface area contributed by atoms with Gasteiger partial charge in [-0.2, -0.15) is 0 Å². The molecule has 1 heterocycles. The molecule has 1 aliphatic heterocycles. The first-order valence-corrected chi connectivity index (χ1v) is 17.5. The molecule has 4 rings (SSSR count). The summed E-state index contributed by atoms with van der Waals surface area (Å²) in [6.45, 7) is 10.4. The summed E-state index contributed by atoms with van der Waals surface area (Å²) in [5.41, 5.74) is 7.71. The third-order valence-electron chi connectivity index (χ3n) is 7.82. The number of nitrogens with two attached hydrogens (primary N) is 1. The summed E-state index contributed by atoms with van der Waals surface area (Å²) in [4.78, 5) is 14.5. The van der Waals surface area contributed by atoms with E-state index in [4.69, 9.17) is 36.3 Å². The number of benzene rings is 2. The molecular formula is C32H46ClFN4O7S. The van der Waals surface area contributed by atoms with Crippen LogP contribution in [0.15, 0.2) is 35.2 Å². The maximum absolute atomic E-state index is 15.5. The molecule has 1 saturated heterocycles. The van der Waals surface area contributed by atoms with Crippen molar-refractivity contribution in [3.8, 4) is 5.75 Å². The van der Waals surface area contributed by atoms with Crippen LogP contribution in [0.5, 0.6) is 5.75 Å². The smallest absolute Gasteiger partial charge is 0.407 e. The zero-order valence-corrected chi connectivity index (χ0v) is 28.5. The average Bonchev–Trinajstić information content (AvgIpc) is 3.33. The van der Waals surface area contributed by atoms with Crippen LogP contribution in [0.25, 0.3) is 0 Å². The molecule has 0 bridgehead atoms. The second-order valence-electron chi connectivity index (χ2n) is 12.6. The van der Waals surface area contributed by atoms with Crippen molar-refractivity contribution in [2.75, 3.05) is 52.6 Å². The number of rotatable bonds is 14. The first-order chi connectivity index (χ1) is 21.8. The van der Waals surface area contributed by atoms with Gasteiger partial charge in [0, 0.05) is 30.7 Å². The number of piperidine rings is 1. The fraction of sp³-hybridized carbons (Fsp3) is 0.594. The minimum Gasteiger partial charge on any atom is -0.481 e. The molecule has 46 heavy (non-hydrogen) atoms. The molecule has 256 valence electrons. The molecule has 0 unspecified atom stereocenters. The summed E-state index contributed by atoms with van der Waals surface area (Å²) >= 11 is 6.46. The highest BCUT2D eigenvalue weighted by atomic mass is 35.5. The number of sulfonamides is 1. The monoisotopic (exact) mass is 684 g/mol. The second kappa shape index (κ2) is 16.1. The van der Waals surface area contributed by atoms with Crippen molar-refractivity contribution < 1.29 is 36.6 Å². The molecule has 2 aromatic carbocycles. The second-order valence-corrected chi connectivity index (χ2v) is 14.8. The Morgan fingerprint density at radius 2 is 1.87 bits per heavy atom. The molecule has 3 atom stereocenters. The largest absolute Gasteiger partial charge is 0.481 e. The molecule has 0 spiro atoms. The molecule has 2 aliphatic rings. The van der Waals surface area contributed by atoms with Crippen molar-refractivity contribution in [3.05, 3.63) is 57.9 Å². The van der Waals surface area contributed by atoms with Crippen LogP contribution in [0, 0.1) is 12.7 Å². The highest BCUT2D eigenvalue weighted by molar-refractivity contribution is 7.89. The van der Waals surface area contributed by atoms with Gasteiger partial charge in [0.2, 0.25) is 10.0 Å². The van der Waals surface area contributed by atoms with Crippen molar-refractivity contribution in [2.45, 2.75) is 75.6 Å². The lowest BCUT2D eigenvalue weighted by Gasteiger charge is -2.39. The quantitative estimate of drug-likeness (QED) is 0.251. The van der Waals surface area contributed by atoms with Gasteiger partial charge in [-0.15, -0.1) is 0 Å². The number of alkyl carbamates (subject to hydrolysis) is 1. The number of hydrogen-bond donors (Lipinski definition) is 3. The van der Waals surface area contributed by atoms with E-state index in [-0.39, 0.29) is 35.9 Å². The molecule has 0 saturated carbocycles. The number of hydrogen-bond acceptors (Lipinski definition) is 9. The lowest BCUT2D eigenvalue weighted by molar-refractivity contribution is 0.0354. The number of fused-ring (bicyclic) bond motifs is 1. The van der Waals surface area contributed by atoms with Gasteiger partial charge in [-0.25, -0.2) is 22.3 Å². The number of halogens is 2. The maximum atomic E-state index is 15.5. The average molecular weight is 685 g/mol. The van der Waals surface area contributed by atoms with Crippen LogP contribution >= 0.6 is 11.6 Å². The molecule has 11 nitrogen and oxygen atoms in total. The standard InChI is InChI=1S/C32H46ClFN4O7S/c1-21-16-22(33)17-26-25(21)19-28(38-11-5-6-23(20-38)37-31(39)45-32(2,3)4)30(26)44-29-8-7-24(18-27(29)34)46(40,41)36-10-13-43-15-14-42-12-9-35/h7-8,16-18,23,28,30,36H,5-6,9-15,19-20,35H2,1-4H3,(H,37,39)/t23-,28+,30+/m1/s1. The van der Waals surface area contributed by atoms with E-state index in [2.05, 4.69) is 14.9 Å². The highest BCUT2D eigenvalue weighted by Gasteiger charge is 2.41. The van der Waals surface area contributed by atoms with Gasteiger partial charge in [-0.05, 0) is 101 Å². The number of aryl methyl sites for hydroxylation is 1. The topological polar surface area (TPSA) is 141 Å². The van der Waals surface area contributed by atoms with Gasteiger partial charge >= 0.3 is 6.09 Å². The SMILES string of the molecule is Cc1cc(Cl)cc2c1C[C@H](N1CCC[C@@H](NC(=O)OC(C)(C)C)C1)[C@H]2Oc1ccc(S(=O)(=O)NCCOCCOCCN)cc1F. The normalized spacial score (nSPS) is 20.4. The predicted octanol–water partition coefficient (Wildman–Crippen LogP) is 4.09. The predicted molar refractivity (Wildman–Crippen MR) is 173 cm³/mol. The Kier molecular flexibility index (Phi) is 12.7. The Morgan fingerprint density at radius 1 is 1.13 bits per heavy atom. The molecule has 1 aliphatic carbocycles. The number of carbonyl (C=O) groups is 1. The van der Waals surface area contributed by atoms with E-state index >= 15 is 4.39 Å². The molecule has 1 amide bonds. The molecule has 2 aromatic rings. The number of nitrogens with zero attached hydrogens (tertiary/aromatic N) is 1. The van der Waals surface area contributed by atoms with E-state index in [0.717, 1.165) is 42.1 Å². The van der Waals surface area contributed by atoms with Crippen LogP contribution in [-0.2, 0) is 30.7 Å². The lowest BCUT2D eigenvalue weighted by atomic mass is 10.0. The van der Waals surface area contributed by atoms with Crippen LogP contribution in [-0.4, -0.2) is 89.7 Å². The van der Waals surface area contributed by atoms with E-state index in [1.807, 2.05) is 39.8 Å². The Morgan fingerprint density at radius 3 is 2.57 bits per heavy atom.